The standard InChI is InChI=1S/C13H14BrNOS/c14-12-6-9-17-13(12)10-15-7-8-16-11-4-2-1-3-5-11/h1-6,9,15H,7-8,10H2. The summed E-state index contributed by atoms with van der Waals surface area (Å²) in [6, 6.07) is 11.9. The molecule has 90 valence electrons. The first-order valence-electron chi connectivity index (χ1n) is 5.46. The Kier molecular flexibility index (Phi) is 5.04. The van der Waals surface area contributed by atoms with Gasteiger partial charge in [0.15, 0.2) is 0 Å². The van der Waals surface area contributed by atoms with Crippen molar-refractivity contribution in [2.24, 2.45) is 0 Å². The topological polar surface area (TPSA) is 21.3 Å². The van der Waals surface area contributed by atoms with E-state index in [0.29, 0.717) is 6.61 Å². The van der Waals surface area contributed by atoms with E-state index < -0.39 is 0 Å². The van der Waals surface area contributed by atoms with Crippen LogP contribution < -0.4 is 10.1 Å². The van der Waals surface area contributed by atoms with Crippen molar-refractivity contribution in [3.05, 3.63) is 51.1 Å². The zero-order chi connectivity index (χ0) is 11.9. The Morgan fingerprint density at radius 2 is 2.00 bits per heavy atom. The Morgan fingerprint density at radius 1 is 1.18 bits per heavy atom. The minimum atomic E-state index is 0.688. The molecule has 2 aromatic rings. The van der Waals surface area contributed by atoms with E-state index in [4.69, 9.17) is 4.74 Å². The van der Waals surface area contributed by atoms with Gasteiger partial charge in [-0.3, -0.25) is 0 Å². The average molecular weight is 312 g/mol. The third kappa shape index (κ3) is 4.15. The molecule has 0 aliphatic carbocycles. The molecule has 17 heavy (non-hydrogen) atoms. The molecule has 0 atom stereocenters. The van der Waals surface area contributed by atoms with Crippen molar-refractivity contribution >= 4 is 27.3 Å². The van der Waals surface area contributed by atoms with Crippen LogP contribution in [0.4, 0.5) is 0 Å². The highest BCUT2D eigenvalue weighted by atomic mass is 79.9. The Labute approximate surface area is 114 Å². The molecular formula is C13H14BrNOS. The summed E-state index contributed by atoms with van der Waals surface area (Å²) in [7, 11) is 0. The lowest BCUT2D eigenvalue weighted by Crippen LogP contribution is -2.20. The zero-order valence-corrected chi connectivity index (χ0v) is 11.8. The fourth-order valence-corrected chi connectivity index (χ4v) is 2.87. The Hall–Kier alpha value is -0.840. The fourth-order valence-electron chi connectivity index (χ4n) is 1.41. The molecule has 2 nitrogen and oxygen atoms in total. The van der Waals surface area contributed by atoms with E-state index in [2.05, 4.69) is 32.7 Å². The normalized spacial score (nSPS) is 10.4. The third-order valence-corrected chi connectivity index (χ3v) is 4.19. The summed E-state index contributed by atoms with van der Waals surface area (Å²) in [6.07, 6.45) is 0. The SMILES string of the molecule is Brc1ccsc1CNCCOc1ccccc1. The first-order valence-corrected chi connectivity index (χ1v) is 7.14. The van der Waals surface area contributed by atoms with Crippen LogP contribution in [0.3, 0.4) is 0 Å². The number of hydrogen-bond acceptors (Lipinski definition) is 3. The second kappa shape index (κ2) is 6.79. The van der Waals surface area contributed by atoms with Gasteiger partial charge in [-0.1, -0.05) is 18.2 Å². The second-order valence-corrected chi connectivity index (χ2v) is 5.39. The van der Waals surface area contributed by atoms with Crippen molar-refractivity contribution in [2.75, 3.05) is 13.2 Å². The predicted molar refractivity (Wildman–Crippen MR) is 75.7 cm³/mol. The Morgan fingerprint density at radius 3 is 2.71 bits per heavy atom. The molecule has 1 aromatic carbocycles. The van der Waals surface area contributed by atoms with Gasteiger partial charge in [0.1, 0.15) is 12.4 Å². The summed E-state index contributed by atoms with van der Waals surface area (Å²) in [5.74, 6) is 0.923. The maximum atomic E-state index is 5.58. The molecule has 0 unspecified atom stereocenters. The molecular weight excluding hydrogens is 298 g/mol. The van der Waals surface area contributed by atoms with Gasteiger partial charge in [0.05, 0.1) is 0 Å². The van der Waals surface area contributed by atoms with Crippen LogP contribution in [0, 0.1) is 0 Å². The van der Waals surface area contributed by atoms with Crippen LogP contribution in [0.1, 0.15) is 4.88 Å². The number of halogens is 1. The summed E-state index contributed by atoms with van der Waals surface area (Å²) < 4.78 is 6.76. The van der Waals surface area contributed by atoms with Crippen LogP contribution in [0.25, 0.3) is 0 Å². The molecule has 0 saturated carbocycles. The Balaban J connectivity index is 1.63. The summed E-state index contributed by atoms with van der Waals surface area (Å²) in [5, 5.41) is 5.44. The molecule has 2 rings (SSSR count). The van der Waals surface area contributed by atoms with Gasteiger partial charge >= 0.3 is 0 Å². The number of benzene rings is 1. The molecule has 0 aliphatic rings. The van der Waals surface area contributed by atoms with Crippen molar-refractivity contribution < 1.29 is 4.74 Å². The van der Waals surface area contributed by atoms with Crippen molar-refractivity contribution in [1.82, 2.24) is 5.32 Å². The van der Waals surface area contributed by atoms with Crippen LogP contribution in [0.15, 0.2) is 46.3 Å². The van der Waals surface area contributed by atoms with Gasteiger partial charge < -0.3 is 10.1 Å². The van der Waals surface area contributed by atoms with Gasteiger partial charge in [0.2, 0.25) is 0 Å². The second-order valence-electron chi connectivity index (χ2n) is 3.53. The zero-order valence-electron chi connectivity index (χ0n) is 9.36. The Bertz CT molecular complexity index is 444. The van der Waals surface area contributed by atoms with Crippen molar-refractivity contribution in [1.29, 1.82) is 0 Å². The fraction of sp³-hybridized carbons (Fsp3) is 0.231. The smallest absolute Gasteiger partial charge is 0.119 e. The molecule has 0 saturated heterocycles. The molecule has 0 radical (unpaired) electrons. The summed E-state index contributed by atoms with van der Waals surface area (Å²) in [6.45, 7) is 2.42. The average Bonchev–Trinajstić information content (AvgIpc) is 2.76. The van der Waals surface area contributed by atoms with Gasteiger partial charge in [-0.2, -0.15) is 0 Å². The molecule has 4 heteroatoms. The van der Waals surface area contributed by atoms with Crippen LogP contribution in [0.2, 0.25) is 0 Å². The molecule has 1 aromatic heterocycles. The highest BCUT2D eigenvalue weighted by Gasteiger charge is 1.99. The number of rotatable bonds is 6. The van der Waals surface area contributed by atoms with Crippen molar-refractivity contribution in [3.8, 4) is 5.75 Å². The third-order valence-electron chi connectivity index (χ3n) is 2.27. The van der Waals surface area contributed by atoms with E-state index in [1.165, 1.54) is 9.35 Å². The molecule has 1 heterocycles. The number of ether oxygens (including phenoxy) is 1. The van der Waals surface area contributed by atoms with Gasteiger partial charge in [-0.25, -0.2) is 0 Å². The van der Waals surface area contributed by atoms with Gasteiger partial charge in [-0.05, 0) is 39.5 Å². The van der Waals surface area contributed by atoms with Crippen LogP contribution in [-0.2, 0) is 6.54 Å². The quantitative estimate of drug-likeness (QED) is 0.822. The maximum Gasteiger partial charge on any atom is 0.119 e. The molecule has 0 fully saturated rings. The molecule has 0 spiro atoms. The first kappa shape index (κ1) is 12.6. The molecule has 1 N–H and O–H groups in total. The lowest BCUT2D eigenvalue weighted by molar-refractivity contribution is 0.314. The van der Waals surface area contributed by atoms with Crippen LogP contribution >= 0.6 is 27.3 Å². The van der Waals surface area contributed by atoms with Crippen LogP contribution in [0.5, 0.6) is 5.75 Å². The van der Waals surface area contributed by atoms with Gasteiger partial charge in [0.25, 0.3) is 0 Å². The van der Waals surface area contributed by atoms with E-state index >= 15 is 0 Å². The first-order chi connectivity index (χ1) is 8.36. The minimum absolute atomic E-state index is 0.688. The van der Waals surface area contributed by atoms with E-state index in [1.807, 2.05) is 30.3 Å². The van der Waals surface area contributed by atoms with Gasteiger partial charge in [0, 0.05) is 22.4 Å². The van der Waals surface area contributed by atoms with E-state index in [0.717, 1.165) is 18.8 Å². The largest absolute Gasteiger partial charge is 0.492 e. The number of para-hydroxylation sites is 1. The molecule has 0 bridgehead atoms. The predicted octanol–water partition coefficient (Wildman–Crippen LogP) is 3.68. The van der Waals surface area contributed by atoms with E-state index in [9.17, 15) is 0 Å². The monoisotopic (exact) mass is 311 g/mol. The minimum Gasteiger partial charge on any atom is -0.492 e. The lowest BCUT2D eigenvalue weighted by Gasteiger charge is -2.06. The maximum absolute atomic E-state index is 5.58. The summed E-state index contributed by atoms with van der Waals surface area (Å²) in [5.41, 5.74) is 0. The number of nitrogens with one attached hydrogen (secondary N) is 1. The van der Waals surface area contributed by atoms with E-state index in [-0.39, 0.29) is 0 Å². The number of hydrogen-bond donors (Lipinski definition) is 1. The summed E-state index contributed by atoms with van der Waals surface area (Å²) >= 11 is 5.27. The van der Waals surface area contributed by atoms with Crippen molar-refractivity contribution in [3.63, 3.8) is 0 Å². The molecule has 0 amide bonds. The highest BCUT2D eigenvalue weighted by Crippen LogP contribution is 2.21. The highest BCUT2D eigenvalue weighted by molar-refractivity contribution is 9.10. The van der Waals surface area contributed by atoms with Crippen LogP contribution in [-0.4, -0.2) is 13.2 Å². The molecule has 0 aliphatic heterocycles. The van der Waals surface area contributed by atoms with Crippen molar-refractivity contribution in [2.45, 2.75) is 6.54 Å². The summed E-state index contributed by atoms with van der Waals surface area (Å²) in [4.78, 5) is 1.32. The van der Waals surface area contributed by atoms with Gasteiger partial charge in [-0.15, -0.1) is 11.3 Å². The number of thiophene rings is 1. The lowest BCUT2D eigenvalue weighted by atomic mass is 10.3. The van der Waals surface area contributed by atoms with E-state index in [1.54, 1.807) is 11.3 Å².